The minimum atomic E-state index is -0.497. The Morgan fingerprint density at radius 3 is 2.56 bits per heavy atom. The van der Waals surface area contributed by atoms with E-state index in [0.29, 0.717) is 5.56 Å². The molecule has 0 heterocycles. The lowest BCUT2D eigenvalue weighted by atomic mass is 9.94. The second-order valence-electron chi connectivity index (χ2n) is 4.48. The van der Waals surface area contributed by atoms with Gasteiger partial charge < -0.3 is 5.73 Å². The standard InChI is InChI=1S/C15H15ClFN/c1-9-6-7-10(2)12(8-9)15(18)11-4-3-5-13(16)14(11)17/h3-8,15H,18H2,1-2H3. The minimum absolute atomic E-state index is 0.105. The molecule has 1 unspecified atom stereocenters. The average Bonchev–Trinajstić information content (AvgIpc) is 2.35. The van der Waals surface area contributed by atoms with Gasteiger partial charge in [-0.1, -0.05) is 47.5 Å². The van der Waals surface area contributed by atoms with Crippen molar-refractivity contribution in [3.05, 3.63) is 69.5 Å². The number of nitrogens with two attached hydrogens (primary N) is 1. The van der Waals surface area contributed by atoms with Crippen molar-refractivity contribution >= 4 is 11.6 Å². The van der Waals surface area contributed by atoms with Gasteiger partial charge in [0.2, 0.25) is 0 Å². The van der Waals surface area contributed by atoms with Crippen LogP contribution >= 0.6 is 11.6 Å². The third-order valence-electron chi connectivity index (χ3n) is 3.09. The Balaban J connectivity index is 2.51. The summed E-state index contributed by atoms with van der Waals surface area (Å²) < 4.78 is 14.0. The summed E-state index contributed by atoms with van der Waals surface area (Å²) in [7, 11) is 0. The zero-order valence-corrected chi connectivity index (χ0v) is 11.1. The number of rotatable bonds is 2. The highest BCUT2D eigenvalue weighted by atomic mass is 35.5. The first-order valence-corrected chi connectivity index (χ1v) is 6.15. The molecule has 0 aliphatic rings. The van der Waals surface area contributed by atoms with Gasteiger partial charge in [-0.3, -0.25) is 0 Å². The Morgan fingerprint density at radius 2 is 1.83 bits per heavy atom. The number of aryl methyl sites for hydroxylation is 2. The molecule has 1 nitrogen and oxygen atoms in total. The molecule has 0 aliphatic carbocycles. The van der Waals surface area contributed by atoms with E-state index in [-0.39, 0.29) is 5.02 Å². The van der Waals surface area contributed by atoms with Crippen molar-refractivity contribution in [2.45, 2.75) is 19.9 Å². The molecule has 0 fully saturated rings. The maximum Gasteiger partial charge on any atom is 0.146 e. The van der Waals surface area contributed by atoms with E-state index in [9.17, 15) is 4.39 Å². The second kappa shape index (κ2) is 5.09. The molecule has 0 aliphatic heterocycles. The summed E-state index contributed by atoms with van der Waals surface area (Å²) in [5.74, 6) is -0.437. The summed E-state index contributed by atoms with van der Waals surface area (Å²) in [6, 6.07) is 10.4. The number of hydrogen-bond donors (Lipinski definition) is 1. The normalized spacial score (nSPS) is 12.5. The molecule has 1 atom stereocenters. The topological polar surface area (TPSA) is 26.0 Å². The lowest BCUT2D eigenvalue weighted by Crippen LogP contribution is -2.15. The number of halogens is 2. The van der Waals surface area contributed by atoms with E-state index in [0.717, 1.165) is 16.7 Å². The van der Waals surface area contributed by atoms with Gasteiger partial charge in [0.05, 0.1) is 11.1 Å². The van der Waals surface area contributed by atoms with Crippen molar-refractivity contribution in [2.24, 2.45) is 5.73 Å². The SMILES string of the molecule is Cc1ccc(C)c(C(N)c2cccc(Cl)c2F)c1. The maximum absolute atomic E-state index is 14.0. The molecule has 0 aromatic heterocycles. The van der Waals surface area contributed by atoms with Crippen LogP contribution < -0.4 is 5.73 Å². The van der Waals surface area contributed by atoms with Crippen LogP contribution in [0.4, 0.5) is 4.39 Å². The van der Waals surface area contributed by atoms with Crippen LogP contribution in [0.1, 0.15) is 28.3 Å². The predicted molar refractivity (Wildman–Crippen MR) is 73.4 cm³/mol. The number of hydrogen-bond acceptors (Lipinski definition) is 1. The van der Waals surface area contributed by atoms with Gasteiger partial charge in [0.25, 0.3) is 0 Å². The maximum atomic E-state index is 14.0. The molecule has 0 bridgehead atoms. The summed E-state index contributed by atoms with van der Waals surface area (Å²) >= 11 is 5.79. The van der Waals surface area contributed by atoms with Crippen LogP contribution in [0.25, 0.3) is 0 Å². The van der Waals surface area contributed by atoms with Gasteiger partial charge in [-0.2, -0.15) is 0 Å². The van der Waals surface area contributed by atoms with Crippen LogP contribution in [0.2, 0.25) is 5.02 Å². The van der Waals surface area contributed by atoms with E-state index < -0.39 is 11.9 Å². The molecule has 18 heavy (non-hydrogen) atoms. The molecule has 0 radical (unpaired) electrons. The fraction of sp³-hybridized carbons (Fsp3) is 0.200. The third kappa shape index (κ3) is 2.40. The summed E-state index contributed by atoms with van der Waals surface area (Å²) in [4.78, 5) is 0. The second-order valence-corrected chi connectivity index (χ2v) is 4.89. The van der Waals surface area contributed by atoms with Crippen molar-refractivity contribution < 1.29 is 4.39 Å². The van der Waals surface area contributed by atoms with Gasteiger partial charge in [0.1, 0.15) is 5.82 Å². The van der Waals surface area contributed by atoms with Crippen molar-refractivity contribution in [3.8, 4) is 0 Å². The Bertz CT molecular complexity index is 579. The summed E-state index contributed by atoms with van der Waals surface area (Å²) in [6.07, 6.45) is 0. The Morgan fingerprint density at radius 1 is 1.11 bits per heavy atom. The molecule has 0 saturated carbocycles. The molecule has 2 N–H and O–H groups in total. The minimum Gasteiger partial charge on any atom is -0.320 e. The lowest BCUT2D eigenvalue weighted by Gasteiger charge is -2.17. The Kier molecular flexibility index (Phi) is 3.69. The molecule has 0 saturated heterocycles. The van der Waals surface area contributed by atoms with Crippen molar-refractivity contribution in [3.63, 3.8) is 0 Å². The fourth-order valence-electron chi connectivity index (χ4n) is 2.02. The average molecular weight is 264 g/mol. The van der Waals surface area contributed by atoms with Crippen molar-refractivity contribution in [1.82, 2.24) is 0 Å². The first-order valence-electron chi connectivity index (χ1n) is 5.77. The largest absolute Gasteiger partial charge is 0.320 e. The van der Waals surface area contributed by atoms with E-state index in [4.69, 9.17) is 17.3 Å². The first-order chi connectivity index (χ1) is 8.50. The summed E-state index contributed by atoms with van der Waals surface area (Å²) in [5.41, 5.74) is 9.66. The van der Waals surface area contributed by atoms with Gasteiger partial charge in [-0.25, -0.2) is 4.39 Å². The Hall–Kier alpha value is -1.38. The zero-order chi connectivity index (χ0) is 13.3. The molecule has 2 rings (SSSR count). The smallest absolute Gasteiger partial charge is 0.146 e. The van der Waals surface area contributed by atoms with Crippen LogP contribution in [0, 0.1) is 19.7 Å². The van der Waals surface area contributed by atoms with Gasteiger partial charge in [-0.05, 0) is 31.0 Å². The van der Waals surface area contributed by atoms with Gasteiger partial charge in [0.15, 0.2) is 0 Å². The summed E-state index contributed by atoms with van der Waals surface area (Å²) in [5, 5.41) is 0.105. The molecule has 0 spiro atoms. The number of benzene rings is 2. The quantitative estimate of drug-likeness (QED) is 0.866. The van der Waals surface area contributed by atoms with Gasteiger partial charge in [-0.15, -0.1) is 0 Å². The van der Waals surface area contributed by atoms with E-state index in [1.54, 1.807) is 12.1 Å². The van der Waals surface area contributed by atoms with Crippen molar-refractivity contribution in [1.29, 1.82) is 0 Å². The molecule has 2 aromatic carbocycles. The van der Waals surface area contributed by atoms with Gasteiger partial charge in [0, 0.05) is 5.56 Å². The molecule has 94 valence electrons. The highest BCUT2D eigenvalue weighted by molar-refractivity contribution is 6.30. The molecular formula is C15H15ClFN. The zero-order valence-electron chi connectivity index (χ0n) is 10.4. The summed E-state index contributed by atoms with van der Waals surface area (Å²) in [6.45, 7) is 3.96. The predicted octanol–water partition coefficient (Wildman–Crippen LogP) is 4.14. The van der Waals surface area contributed by atoms with E-state index >= 15 is 0 Å². The molecule has 3 heteroatoms. The van der Waals surface area contributed by atoms with Crippen LogP contribution in [0.3, 0.4) is 0 Å². The van der Waals surface area contributed by atoms with Crippen LogP contribution in [0.15, 0.2) is 36.4 Å². The highest BCUT2D eigenvalue weighted by Gasteiger charge is 2.17. The fourth-order valence-corrected chi connectivity index (χ4v) is 2.21. The highest BCUT2D eigenvalue weighted by Crippen LogP contribution is 2.28. The van der Waals surface area contributed by atoms with Crippen LogP contribution in [0.5, 0.6) is 0 Å². The lowest BCUT2D eigenvalue weighted by molar-refractivity contribution is 0.599. The molecule has 0 amide bonds. The van der Waals surface area contributed by atoms with Crippen LogP contribution in [-0.2, 0) is 0 Å². The molecule has 2 aromatic rings. The Labute approximate surface area is 111 Å². The van der Waals surface area contributed by atoms with Gasteiger partial charge >= 0.3 is 0 Å². The monoisotopic (exact) mass is 263 g/mol. The van der Waals surface area contributed by atoms with E-state index in [2.05, 4.69) is 0 Å². The molecular weight excluding hydrogens is 249 g/mol. The first kappa shape index (κ1) is 13.1. The third-order valence-corrected chi connectivity index (χ3v) is 3.38. The van der Waals surface area contributed by atoms with E-state index in [1.807, 2.05) is 32.0 Å². The van der Waals surface area contributed by atoms with Crippen molar-refractivity contribution in [2.75, 3.05) is 0 Å². The van der Waals surface area contributed by atoms with E-state index in [1.165, 1.54) is 6.07 Å². The van der Waals surface area contributed by atoms with Crippen LogP contribution in [-0.4, -0.2) is 0 Å².